The maximum Gasteiger partial charge on any atom is 0.418 e. The van der Waals surface area contributed by atoms with Gasteiger partial charge < -0.3 is 10.1 Å². The summed E-state index contributed by atoms with van der Waals surface area (Å²) < 4.78 is 108. The summed E-state index contributed by atoms with van der Waals surface area (Å²) in [6, 6.07) is 16.7. The Morgan fingerprint density at radius 2 is 1.65 bits per heavy atom. The van der Waals surface area contributed by atoms with E-state index in [4.69, 9.17) is 4.74 Å². The number of benzene rings is 4. The molecule has 0 aliphatic heterocycles. The minimum atomic E-state index is -4.91. The van der Waals surface area contributed by atoms with Crippen molar-refractivity contribution in [3.05, 3.63) is 130 Å². The van der Waals surface area contributed by atoms with Crippen LogP contribution in [0.2, 0.25) is 0 Å². The average Bonchev–Trinajstić information content (AvgIpc) is 3.43. The SMILES string of the molecule is CCCCc1nn(-c2cc(NC(=O)CCOC)ccc2C(F)(F)F)c(=O)n1Cc1ccc(-c2ccccc2S(=O)(=O)NC(=O)c2ccccc2F)cc1F. The molecule has 0 radical (unpaired) electrons. The van der Waals surface area contributed by atoms with Gasteiger partial charge in [-0.2, -0.15) is 17.9 Å². The van der Waals surface area contributed by atoms with E-state index in [1.54, 1.807) is 0 Å². The quantitative estimate of drug-likeness (QED) is 0.123. The number of amides is 2. The molecule has 1 heterocycles. The Kier molecular flexibility index (Phi) is 12.1. The first-order valence-electron chi connectivity index (χ1n) is 16.5. The number of aromatic nitrogens is 3. The van der Waals surface area contributed by atoms with E-state index in [0.29, 0.717) is 17.5 Å². The van der Waals surface area contributed by atoms with Gasteiger partial charge in [0.25, 0.3) is 15.9 Å². The first kappa shape index (κ1) is 39.5. The van der Waals surface area contributed by atoms with E-state index < -0.39 is 73.6 Å². The van der Waals surface area contributed by atoms with Crippen LogP contribution in [0, 0.1) is 11.6 Å². The fourth-order valence-electron chi connectivity index (χ4n) is 5.55. The van der Waals surface area contributed by atoms with Gasteiger partial charge in [0.15, 0.2) is 0 Å². The van der Waals surface area contributed by atoms with E-state index >= 15 is 4.39 Å². The van der Waals surface area contributed by atoms with Gasteiger partial charge in [-0.05, 0) is 54.4 Å². The Balaban J connectivity index is 1.50. The van der Waals surface area contributed by atoms with Gasteiger partial charge in [-0.1, -0.05) is 55.8 Å². The van der Waals surface area contributed by atoms with E-state index in [2.05, 4.69) is 10.4 Å². The third kappa shape index (κ3) is 8.91. The van der Waals surface area contributed by atoms with Crippen molar-refractivity contribution in [2.75, 3.05) is 19.0 Å². The zero-order valence-corrected chi connectivity index (χ0v) is 29.7. The number of nitrogens with one attached hydrogen (secondary N) is 2. The molecule has 0 aliphatic rings. The topological polar surface area (TPSA) is 141 Å². The maximum absolute atomic E-state index is 15.9. The molecule has 0 fully saturated rings. The van der Waals surface area contributed by atoms with Crippen LogP contribution in [0.3, 0.4) is 0 Å². The van der Waals surface area contributed by atoms with Crippen LogP contribution in [0.15, 0.2) is 94.6 Å². The molecular weight excluding hydrogens is 737 g/mol. The molecule has 1 aromatic heterocycles. The van der Waals surface area contributed by atoms with Crippen molar-refractivity contribution in [1.29, 1.82) is 0 Å². The molecule has 2 N–H and O–H groups in total. The summed E-state index contributed by atoms with van der Waals surface area (Å²) in [5.74, 6) is -3.48. The number of nitrogens with zero attached hydrogens (tertiary/aromatic N) is 3. The van der Waals surface area contributed by atoms with Crippen LogP contribution in [-0.4, -0.2) is 48.3 Å². The largest absolute Gasteiger partial charge is 0.418 e. The highest BCUT2D eigenvalue weighted by Gasteiger charge is 2.35. The van der Waals surface area contributed by atoms with Gasteiger partial charge in [-0.25, -0.2) is 26.7 Å². The van der Waals surface area contributed by atoms with E-state index in [9.17, 15) is 40.4 Å². The molecular formula is C37H34F5N5O6S. The highest BCUT2D eigenvalue weighted by atomic mass is 32.2. The molecule has 0 atom stereocenters. The van der Waals surface area contributed by atoms with Crippen LogP contribution >= 0.6 is 0 Å². The predicted molar refractivity (Wildman–Crippen MR) is 189 cm³/mol. The molecule has 0 saturated carbocycles. The van der Waals surface area contributed by atoms with Gasteiger partial charge in [-0.3, -0.25) is 14.2 Å². The molecule has 2 amide bonds. The molecule has 5 aromatic rings. The second-order valence-corrected chi connectivity index (χ2v) is 13.7. The van der Waals surface area contributed by atoms with Gasteiger partial charge in [0.1, 0.15) is 17.5 Å². The summed E-state index contributed by atoms with van der Waals surface area (Å²) in [7, 11) is -3.22. The van der Waals surface area contributed by atoms with Gasteiger partial charge >= 0.3 is 11.9 Å². The number of carbonyl (C=O) groups excluding carboxylic acids is 2. The van der Waals surface area contributed by atoms with E-state index in [1.807, 2.05) is 11.6 Å². The summed E-state index contributed by atoms with van der Waals surface area (Å²) >= 11 is 0. The lowest BCUT2D eigenvalue weighted by atomic mass is 10.0. The Morgan fingerprint density at radius 1 is 0.926 bits per heavy atom. The molecule has 0 spiro atoms. The molecule has 0 saturated heterocycles. The third-order valence-electron chi connectivity index (χ3n) is 8.26. The number of hydrogen-bond donors (Lipinski definition) is 2. The van der Waals surface area contributed by atoms with Gasteiger partial charge in [-0.15, -0.1) is 5.10 Å². The number of aryl methyl sites for hydroxylation is 1. The number of methoxy groups -OCH3 is 1. The van der Waals surface area contributed by atoms with Crippen LogP contribution in [-0.2, 0) is 38.7 Å². The van der Waals surface area contributed by atoms with Gasteiger partial charge in [0.2, 0.25) is 5.91 Å². The fourth-order valence-corrected chi connectivity index (χ4v) is 6.74. The van der Waals surface area contributed by atoms with E-state index in [1.165, 1.54) is 55.6 Å². The number of anilines is 1. The summed E-state index contributed by atoms with van der Waals surface area (Å²) in [5.41, 5.74) is -3.36. The summed E-state index contributed by atoms with van der Waals surface area (Å²) in [6.45, 7) is 1.48. The molecule has 0 aliphatic carbocycles. The highest BCUT2D eigenvalue weighted by Crippen LogP contribution is 2.35. The number of sulfonamides is 1. The second kappa shape index (κ2) is 16.6. The van der Waals surface area contributed by atoms with E-state index in [-0.39, 0.29) is 47.7 Å². The van der Waals surface area contributed by atoms with Crippen molar-refractivity contribution >= 4 is 27.5 Å². The zero-order chi connectivity index (χ0) is 39.2. The van der Waals surface area contributed by atoms with Crippen LogP contribution in [0.5, 0.6) is 0 Å². The summed E-state index contributed by atoms with van der Waals surface area (Å²) in [6.07, 6.45) is -3.67. The van der Waals surface area contributed by atoms with Gasteiger partial charge in [0, 0.05) is 30.3 Å². The predicted octanol–water partition coefficient (Wildman–Crippen LogP) is 6.48. The van der Waals surface area contributed by atoms with Crippen LogP contribution < -0.4 is 15.7 Å². The minimum Gasteiger partial charge on any atom is -0.384 e. The number of halogens is 5. The lowest BCUT2D eigenvalue weighted by Crippen LogP contribution is -2.31. The first-order chi connectivity index (χ1) is 25.6. The lowest BCUT2D eigenvalue weighted by molar-refractivity contribution is -0.137. The monoisotopic (exact) mass is 771 g/mol. The number of unbranched alkanes of at least 4 members (excludes halogenated alkanes) is 1. The second-order valence-electron chi connectivity index (χ2n) is 12.0. The van der Waals surface area contributed by atoms with Crippen LogP contribution in [0.25, 0.3) is 16.8 Å². The number of carbonyl (C=O) groups is 2. The number of rotatable bonds is 14. The van der Waals surface area contributed by atoms with Crippen molar-refractivity contribution < 1.29 is 44.7 Å². The molecule has 284 valence electrons. The summed E-state index contributed by atoms with van der Waals surface area (Å²) in [5, 5.41) is 6.71. The van der Waals surface area contributed by atoms with Crippen LogP contribution in [0.4, 0.5) is 27.6 Å². The Hall–Kier alpha value is -5.68. The molecule has 17 heteroatoms. The number of ether oxygens (including phenoxy) is 1. The molecule has 0 unspecified atom stereocenters. The molecule has 4 aromatic carbocycles. The zero-order valence-electron chi connectivity index (χ0n) is 28.9. The third-order valence-corrected chi connectivity index (χ3v) is 9.65. The normalized spacial score (nSPS) is 11.8. The lowest BCUT2D eigenvalue weighted by Gasteiger charge is -2.14. The van der Waals surface area contributed by atoms with Gasteiger partial charge in [0.05, 0.1) is 41.3 Å². The first-order valence-corrected chi connectivity index (χ1v) is 18.0. The number of hydrogen-bond acceptors (Lipinski definition) is 7. The van der Waals surface area contributed by atoms with Crippen molar-refractivity contribution in [2.45, 2.75) is 50.2 Å². The highest BCUT2D eigenvalue weighted by molar-refractivity contribution is 7.90. The maximum atomic E-state index is 15.9. The van der Waals surface area contributed by atoms with Crippen molar-refractivity contribution in [1.82, 2.24) is 19.1 Å². The molecule has 5 rings (SSSR count). The standard InChI is InChI=1S/C37H34F5N5O6S/c1-3-4-13-33-44-47(31-21-25(43-34(48)18-19-53-2)16-17-28(31)37(40,41)42)36(50)46(33)22-24-15-14-23(20-30(24)39)26-9-6-8-12-32(26)54(51,52)45-35(49)27-10-5-7-11-29(27)38/h5-12,14-17,20-21H,3-4,13,18-19,22H2,1-2H3,(H,43,48)(H,45,49). The molecule has 54 heavy (non-hydrogen) atoms. The smallest absolute Gasteiger partial charge is 0.384 e. The molecule has 11 nitrogen and oxygen atoms in total. The number of alkyl halides is 3. The van der Waals surface area contributed by atoms with Crippen LogP contribution in [0.1, 0.15) is 53.5 Å². The van der Waals surface area contributed by atoms with Crippen molar-refractivity contribution in [2.24, 2.45) is 0 Å². The fraction of sp³-hybridized carbons (Fsp3) is 0.243. The van der Waals surface area contributed by atoms with E-state index in [0.717, 1.165) is 41.0 Å². The average molecular weight is 772 g/mol. The summed E-state index contributed by atoms with van der Waals surface area (Å²) in [4.78, 5) is 38.3. The Labute approximate surface area is 306 Å². The Morgan fingerprint density at radius 3 is 2.33 bits per heavy atom. The minimum absolute atomic E-state index is 0.000668. The Bertz CT molecular complexity index is 2360. The van der Waals surface area contributed by atoms with Crippen molar-refractivity contribution in [3.63, 3.8) is 0 Å². The molecule has 0 bridgehead atoms. The van der Waals surface area contributed by atoms with Crippen molar-refractivity contribution in [3.8, 4) is 16.8 Å².